The van der Waals surface area contributed by atoms with E-state index >= 15 is 0 Å². The summed E-state index contributed by atoms with van der Waals surface area (Å²) < 4.78 is 4.19. The Morgan fingerprint density at radius 1 is 1.14 bits per heavy atom. The Balaban J connectivity index is 1.58. The fourth-order valence-corrected chi connectivity index (χ4v) is 3.17. The lowest BCUT2D eigenvalue weighted by Gasteiger charge is -2.02. The normalized spacial score (nSPS) is 11.1. The summed E-state index contributed by atoms with van der Waals surface area (Å²) >= 11 is 5.23. The first kappa shape index (κ1) is 14.4. The van der Waals surface area contributed by atoms with Crippen LogP contribution in [0.5, 0.6) is 0 Å². The summed E-state index contributed by atoms with van der Waals surface area (Å²) in [4.78, 5) is 12.1. The third kappa shape index (κ3) is 3.39. The Hall–Kier alpha value is -1.53. The maximum absolute atomic E-state index is 12.1. The number of nitrogens with zero attached hydrogens (tertiary/aromatic N) is 3. The Morgan fingerprint density at radius 2 is 1.95 bits per heavy atom. The zero-order valence-electron chi connectivity index (χ0n) is 11.3. The average Bonchev–Trinajstić information content (AvgIpc) is 2.82. The van der Waals surface area contributed by atoms with Crippen molar-refractivity contribution in [1.29, 1.82) is 0 Å². The summed E-state index contributed by atoms with van der Waals surface area (Å²) in [5.41, 5.74) is 1.90. The second-order valence-corrected chi connectivity index (χ2v) is 6.63. The van der Waals surface area contributed by atoms with Crippen molar-refractivity contribution in [3.05, 3.63) is 69.2 Å². The lowest BCUT2D eigenvalue weighted by Crippen LogP contribution is -2.22. The standard InChI is InChI=1S/C15H14BrN3OS/c16-13-6-4-12(5-7-13)11-21-10-9-19-15(20)18-8-2-1-3-14(18)17-19/h1-8H,9-11H2. The number of aryl methyl sites for hydroxylation is 1. The van der Waals surface area contributed by atoms with Crippen LogP contribution in [0.3, 0.4) is 0 Å². The van der Waals surface area contributed by atoms with Gasteiger partial charge in [-0.3, -0.25) is 4.40 Å². The number of aromatic nitrogens is 3. The van der Waals surface area contributed by atoms with Gasteiger partial charge in [-0.15, -0.1) is 5.10 Å². The molecule has 0 atom stereocenters. The van der Waals surface area contributed by atoms with Crippen molar-refractivity contribution in [2.24, 2.45) is 0 Å². The van der Waals surface area contributed by atoms with Crippen LogP contribution in [-0.2, 0) is 12.3 Å². The maximum atomic E-state index is 12.1. The molecule has 0 aliphatic carbocycles. The maximum Gasteiger partial charge on any atom is 0.350 e. The molecule has 0 radical (unpaired) electrons. The molecule has 0 aliphatic heterocycles. The summed E-state index contributed by atoms with van der Waals surface area (Å²) in [6, 6.07) is 13.9. The Morgan fingerprint density at radius 3 is 2.71 bits per heavy atom. The molecular weight excluding hydrogens is 350 g/mol. The molecular formula is C15H14BrN3OS. The van der Waals surface area contributed by atoms with Crippen molar-refractivity contribution in [3.63, 3.8) is 0 Å². The highest BCUT2D eigenvalue weighted by molar-refractivity contribution is 9.10. The second-order valence-electron chi connectivity index (χ2n) is 4.61. The number of pyridine rings is 1. The first-order valence-electron chi connectivity index (χ1n) is 6.60. The van der Waals surface area contributed by atoms with Gasteiger partial charge in [-0.2, -0.15) is 11.8 Å². The molecule has 0 aliphatic rings. The van der Waals surface area contributed by atoms with E-state index in [0.29, 0.717) is 12.2 Å². The quantitative estimate of drug-likeness (QED) is 0.653. The minimum Gasteiger partial charge on any atom is -0.250 e. The summed E-state index contributed by atoms with van der Waals surface area (Å²) in [6.07, 6.45) is 1.75. The van der Waals surface area contributed by atoms with Crippen molar-refractivity contribution in [3.8, 4) is 0 Å². The number of benzene rings is 1. The smallest absolute Gasteiger partial charge is 0.250 e. The topological polar surface area (TPSA) is 39.3 Å². The molecule has 6 heteroatoms. The average molecular weight is 364 g/mol. The molecule has 1 aromatic carbocycles. The number of fused-ring (bicyclic) bond motifs is 1. The van der Waals surface area contributed by atoms with Gasteiger partial charge in [-0.1, -0.05) is 34.1 Å². The van der Waals surface area contributed by atoms with Crippen LogP contribution in [0.1, 0.15) is 5.56 Å². The highest BCUT2D eigenvalue weighted by Crippen LogP contribution is 2.15. The van der Waals surface area contributed by atoms with E-state index in [9.17, 15) is 4.79 Å². The minimum atomic E-state index is -0.0742. The lowest BCUT2D eigenvalue weighted by atomic mass is 10.2. The summed E-state index contributed by atoms with van der Waals surface area (Å²) in [7, 11) is 0. The van der Waals surface area contributed by atoms with Crippen LogP contribution in [-0.4, -0.2) is 19.9 Å². The molecule has 0 N–H and O–H groups in total. The van der Waals surface area contributed by atoms with Crippen molar-refractivity contribution >= 4 is 33.3 Å². The van der Waals surface area contributed by atoms with Gasteiger partial charge in [-0.05, 0) is 29.8 Å². The molecule has 108 valence electrons. The fraction of sp³-hybridized carbons (Fsp3) is 0.200. The SMILES string of the molecule is O=c1n(CCSCc2ccc(Br)cc2)nc2ccccn12. The Labute approximate surface area is 134 Å². The predicted molar refractivity (Wildman–Crippen MR) is 89.8 cm³/mol. The van der Waals surface area contributed by atoms with E-state index in [1.165, 1.54) is 10.2 Å². The highest BCUT2D eigenvalue weighted by Gasteiger charge is 2.05. The van der Waals surface area contributed by atoms with Crippen LogP contribution in [0, 0.1) is 0 Å². The molecule has 2 aromatic heterocycles. The third-order valence-electron chi connectivity index (χ3n) is 3.12. The van der Waals surface area contributed by atoms with E-state index in [4.69, 9.17) is 0 Å². The van der Waals surface area contributed by atoms with Gasteiger partial charge in [0.1, 0.15) is 0 Å². The number of hydrogen-bond acceptors (Lipinski definition) is 3. The second kappa shape index (κ2) is 6.49. The molecule has 3 aromatic rings. The van der Waals surface area contributed by atoms with Crippen LogP contribution in [0.25, 0.3) is 5.65 Å². The minimum absolute atomic E-state index is 0.0742. The molecule has 0 fully saturated rings. The van der Waals surface area contributed by atoms with E-state index in [2.05, 4.69) is 33.2 Å². The summed E-state index contributed by atoms with van der Waals surface area (Å²) in [6.45, 7) is 0.627. The number of rotatable bonds is 5. The molecule has 0 amide bonds. The van der Waals surface area contributed by atoms with Crippen LogP contribution in [0.15, 0.2) is 57.9 Å². The third-order valence-corrected chi connectivity index (χ3v) is 4.66. The molecule has 0 saturated heterocycles. The molecule has 21 heavy (non-hydrogen) atoms. The van der Waals surface area contributed by atoms with E-state index in [0.717, 1.165) is 16.0 Å². The van der Waals surface area contributed by atoms with Crippen LogP contribution in [0.2, 0.25) is 0 Å². The zero-order chi connectivity index (χ0) is 14.7. The van der Waals surface area contributed by atoms with Crippen molar-refractivity contribution in [2.45, 2.75) is 12.3 Å². The van der Waals surface area contributed by atoms with E-state index in [1.54, 1.807) is 22.4 Å². The summed E-state index contributed by atoms with van der Waals surface area (Å²) in [5, 5.41) is 4.32. The predicted octanol–water partition coefficient (Wildman–Crippen LogP) is 3.19. The van der Waals surface area contributed by atoms with Gasteiger partial charge in [-0.25, -0.2) is 9.48 Å². The molecule has 0 bridgehead atoms. The Kier molecular flexibility index (Phi) is 4.45. The van der Waals surface area contributed by atoms with Gasteiger partial charge in [0.2, 0.25) is 0 Å². The van der Waals surface area contributed by atoms with E-state index in [1.807, 2.05) is 30.3 Å². The van der Waals surface area contributed by atoms with E-state index < -0.39 is 0 Å². The Bertz CT molecular complexity index is 795. The zero-order valence-corrected chi connectivity index (χ0v) is 13.7. The highest BCUT2D eigenvalue weighted by atomic mass is 79.9. The van der Waals surface area contributed by atoms with Crippen LogP contribution in [0.4, 0.5) is 0 Å². The molecule has 3 rings (SSSR count). The molecule has 0 unspecified atom stereocenters. The number of halogens is 1. The van der Waals surface area contributed by atoms with Gasteiger partial charge in [0, 0.05) is 22.2 Å². The molecule has 4 nitrogen and oxygen atoms in total. The van der Waals surface area contributed by atoms with Crippen molar-refractivity contribution in [2.75, 3.05) is 5.75 Å². The molecule has 2 heterocycles. The molecule has 0 saturated carbocycles. The van der Waals surface area contributed by atoms with Crippen molar-refractivity contribution in [1.82, 2.24) is 14.2 Å². The largest absolute Gasteiger partial charge is 0.350 e. The van der Waals surface area contributed by atoms with Gasteiger partial charge >= 0.3 is 5.69 Å². The first-order valence-corrected chi connectivity index (χ1v) is 8.55. The number of thioether (sulfide) groups is 1. The van der Waals surface area contributed by atoms with Gasteiger partial charge in [0.05, 0.1) is 6.54 Å². The molecule has 0 spiro atoms. The number of hydrogen-bond donors (Lipinski definition) is 0. The van der Waals surface area contributed by atoms with Gasteiger partial charge in [0.25, 0.3) is 0 Å². The first-order chi connectivity index (χ1) is 10.2. The van der Waals surface area contributed by atoms with Gasteiger partial charge < -0.3 is 0 Å². The lowest BCUT2D eigenvalue weighted by molar-refractivity contribution is 0.639. The summed E-state index contributed by atoms with van der Waals surface area (Å²) in [5.74, 6) is 1.80. The van der Waals surface area contributed by atoms with E-state index in [-0.39, 0.29) is 5.69 Å². The van der Waals surface area contributed by atoms with Crippen LogP contribution < -0.4 is 5.69 Å². The van der Waals surface area contributed by atoms with Gasteiger partial charge in [0.15, 0.2) is 5.65 Å². The van der Waals surface area contributed by atoms with Crippen LogP contribution >= 0.6 is 27.7 Å². The van der Waals surface area contributed by atoms with Crippen molar-refractivity contribution < 1.29 is 0 Å². The monoisotopic (exact) mass is 363 g/mol. The fourth-order valence-electron chi connectivity index (χ4n) is 2.04.